The monoisotopic (exact) mass is 509 g/mol. The maximum atomic E-state index is 13.5. The number of benzene rings is 3. The quantitative estimate of drug-likeness (QED) is 0.340. The molecule has 1 unspecified atom stereocenters. The molecule has 36 heavy (non-hydrogen) atoms. The Hall–Kier alpha value is -3.73. The number of amides is 2. The van der Waals surface area contributed by atoms with Crippen molar-refractivity contribution in [3.05, 3.63) is 83.9 Å². The van der Waals surface area contributed by atoms with Crippen molar-refractivity contribution < 1.29 is 28.3 Å². The van der Waals surface area contributed by atoms with Crippen LogP contribution in [0.2, 0.25) is 0 Å². The molecule has 10 heteroatoms. The highest BCUT2D eigenvalue weighted by atomic mass is 32.2. The van der Waals surface area contributed by atoms with Crippen molar-refractivity contribution in [1.29, 1.82) is 0 Å². The van der Waals surface area contributed by atoms with Gasteiger partial charge in [-0.2, -0.15) is 4.31 Å². The van der Waals surface area contributed by atoms with Gasteiger partial charge in [0.05, 0.1) is 4.90 Å². The van der Waals surface area contributed by atoms with Gasteiger partial charge in [0, 0.05) is 18.3 Å². The van der Waals surface area contributed by atoms with Crippen LogP contribution in [0.5, 0.6) is 0 Å². The fraction of sp³-hybridized carbons (Fsp3) is 0.231. The van der Waals surface area contributed by atoms with Gasteiger partial charge in [0.15, 0.2) is 0 Å². The molecule has 0 saturated heterocycles. The molecule has 9 nitrogen and oxygen atoms in total. The fourth-order valence-electron chi connectivity index (χ4n) is 4.53. The molecule has 3 aromatic carbocycles. The van der Waals surface area contributed by atoms with Gasteiger partial charge in [-0.25, -0.2) is 18.7 Å². The first kappa shape index (κ1) is 25.4. The third-order valence-electron chi connectivity index (χ3n) is 6.26. The lowest BCUT2D eigenvalue weighted by atomic mass is 9.94. The molecular weight excluding hydrogens is 482 g/mol. The number of rotatable bonds is 6. The summed E-state index contributed by atoms with van der Waals surface area (Å²) in [7, 11) is -4.06. The van der Waals surface area contributed by atoms with Crippen molar-refractivity contribution in [3.63, 3.8) is 0 Å². The third-order valence-corrected chi connectivity index (χ3v) is 8.14. The van der Waals surface area contributed by atoms with Gasteiger partial charge in [-0.05, 0) is 66.8 Å². The number of hydroxylamine groups is 1. The SMILES string of the molecule is CC(C)N(C(=O)O)c1ccc(-c2ccc(S(=O)(=O)N3CCc4ccccc4C3C(=O)NO)cc2)cc1. The van der Waals surface area contributed by atoms with E-state index < -0.39 is 28.1 Å². The van der Waals surface area contributed by atoms with Crippen molar-refractivity contribution in [2.75, 3.05) is 11.4 Å². The minimum Gasteiger partial charge on any atom is -0.465 e. The van der Waals surface area contributed by atoms with Crippen LogP contribution in [0.15, 0.2) is 77.7 Å². The summed E-state index contributed by atoms with van der Waals surface area (Å²) in [6.45, 7) is 3.67. The zero-order valence-corrected chi connectivity index (χ0v) is 20.6. The Morgan fingerprint density at radius 2 is 1.56 bits per heavy atom. The van der Waals surface area contributed by atoms with Crippen molar-refractivity contribution in [1.82, 2.24) is 9.79 Å². The number of carboxylic acid groups (broad SMARTS) is 1. The van der Waals surface area contributed by atoms with Crippen LogP contribution in [0.3, 0.4) is 0 Å². The Balaban J connectivity index is 1.62. The van der Waals surface area contributed by atoms with Gasteiger partial charge in [0.2, 0.25) is 10.0 Å². The molecule has 0 saturated carbocycles. The van der Waals surface area contributed by atoms with Crippen LogP contribution in [-0.2, 0) is 21.2 Å². The van der Waals surface area contributed by atoms with Crippen molar-refractivity contribution in [3.8, 4) is 11.1 Å². The average Bonchev–Trinajstić information content (AvgIpc) is 2.87. The Morgan fingerprint density at radius 3 is 2.11 bits per heavy atom. The summed E-state index contributed by atoms with van der Waals surface area (Å²) in [4.78, 5) is 25.3. The van der Waals surface area contributed by atoms with E-state index in [1.54, 1.807) is 67.9 Å². The zero-order valence-electron chi connectivity index (χ0n) is 19.8. The first-order chi connectivity index (χ1) is 17.1. The number of nitrogens with zero attached hydrogens (tertiary/aromatic N) is 2. The summed E-state index contributed by atoms with van der Waals surface area (Å²) in [5, 5.41) is 18.7. The summed E-state index contributed by atoms with van der Waals surface area (Å²) in [6.07, 6.45) is -0.598. The molecule has 1 aliphatic heterocycles. The van der Waals surface area contributed by atoms with Crippen molar-refractivity contribution in [2.24, 2.45) is 0 Å². The summed E-state index contributed by atoms with van der Waals surface area (Å²) >= 11 is 0. The second kappa shape index (κ2) is 10.1. The summed E-state index contributed by atoms with van der Waals surface area (Å²) in [5.74, 6) is -0.820. The maximum Gasteiger partial charge on any atom is 0.412 e. The molecule has 0 radical (unpaired) electrons. The van der Waals surface area contributed by atoms with Gasteiger partial charge in [-0.3, -0.25) is 14.9 Å². The molecule has 0 fully saturated rings. The van der Waals surface area contributed by atoms with Gasteiger partial charge in [0.1, 0.15) is 6.04 Å². The van der Waals surface area contributed by atoms with Crippen LogP contribution >= 0.6 is 0 Å². The lowest BCUT2D eigenvalue weighted by Crippen LogP contribution is -2.46. The second-order valence-electron chi connectivity index (χ2n) is 8.76. The van der Waals surface area contributed by atoms with Crippen LogP contribution in [0.25, 0.3) is 11.1 Å². The van der Waals surface area contributed by atoms with Gasteiger partial charge < -0.3 is 5.11 Å². The number of hydrogen-bond donors (Lipinski definition) is 3. The number of nitrogens with one attached hydrogen (secondary N) is 1. The largest absolute Gasteiger partial charge is 0.465 e. The van der Waals surface area contributed by atoms with E-state index in [0.29, 0.717) is 17.7 Å². The molecular formula is C26H27N3O6S. The van der Waals surface area contributed by atoms with Crippen LogP contribution < -0.4 is 10.4 Å². The average molecular weight is 510 g/mol. The molecule has 2 amide bonds. The Bertz CT molecular complexity index is 1370. The molecule has 0 aromatic heterocycles. The zero-order chi connectivity index (χ0) is 26.0. The minimum absolute atomic E-state index is 0.0230. The molecule has 188 valence electrons. The predicted octanol–water partition coefficient (Wildman–Crippen LogP) is 4.04. The van der Waals surface area contributed by atoms with E-state index in [9.17, 15) is 28.3 Å². The van der Waals surface area contributed by atoms with E-state index in [-0.39, 0.29) is 17.5 Å². The van der Waals surface area contributed by atoms with Crippen molar-refractivity contribution in [2.45, 2.75) is 37.2 Å². The van der Waals surface area contributed by atoms with Gasteiger partial charge in [-0.1, -0.05) is 48.5 Å². The molecule has 0 aliphatic carbocycles. The number of anilines is 1. The Kier molecular flexibility index (Phi) is 7.11. The number of carbonyl (C=O) groups is 2. The normalized spacial score (nSPS) is 15.8. The van der Waals surface area contributed by atoms with Crippen LogP contribution in [-0.4, -0.2) is 47.6 Å². The predicted molar refractivity (Wildman–Crippen MR) is 134 cm³/mol. The summed E-state index contributed by atoms with van der Waals surface area (Å²) < 4.78 is 28.2. The molecule has 3 N–H and O–H groups in total. The summed E-state index contributed by atoms with van der Waals surface area (Å²) in [5.41, 5.74) is 5.08. The third kappa shape index (κ3) is 4.70. The van der Waals surface area contributed by atoms with Gasteiger partial charge in [-0.15, -0.1) is 0 Å². The highest BCUT2D eigenvalue weighted by molar-refractivity contribution is 7.89. The number of hydrogen-bond acceptors (Lipinski definition) is 5. The standard InChI is InChI=1S/C26H27N3O6S/c1-17(2)29(26(31)32)21-11-7-18(8-12-21)19-9-13-22(14-10-19)36(34,35)28-16-15-20-5-3-4-6-23(20)24(28)25(30)27-33/h3-14,17,24,33H,15-16H2,1-2H3,(H,27,30)(H,31,32). The van der Waals surface area contributed by atoms with Crippen molar-refractivity contribution >= 4 is 27.7 Å². The number of carbonyl (C=O) groups excluding carboxylic acids is 1. The van der Waals surface area contributed by atoms with E-state index in [4.69, 9.17) is 0 Å². The second-order valence-corrected chi connectivity index (χ2v) is 10.7. The molecule has 4 rings (SSSR count). The topological polar surface area (TPSA) is 127 Å². The lowest BCUT2D eigenvalue weighted by Gasteiger charge is -2.34. The molecule has 1 atom stereocenters. The highest BCUT2D eigenvalue weighted by Crippen LogP contribution is 2.35. The first-order valence-corrected chi connectivity index (χ1v) is 12.9. The van der Waals surface area contributed by atoms with E-state index >= 15 is 0 Å². The van der Waals surface area contributed by atoms with Crippen LogP contribution in [0.1, 0.15) is 31.0 Å². The maximum absolute atomic E-state index is 13.5. The van der Waals surface area contributed by atoms with Crippen LogP contribution in [0.4, 0.5) is 10.5 Å². The first-order valence-electron chi connectivity index (χ1n) is 11.4. The Labute approximate surface area is 209 Å². The lowest BCUT2D eigenvalue weighted by molar-refractivity contribution is -0.133. The van der Waals surface area contributed by atoms with E-state index in [0.717, 1.165) is 21.0 Å². The fourth-order valence-corrected chi connectivity index (χ4v) is 6.10. The minimum atomic E-state index is -4.06. The molecule has 3 aromatic rings. The van der Waals surface area contributed by atoms with E-state index in [1.165, 1.54) is 17.0 Å². The van der Waals surface area contributed by atoms with Gasteiger partial charge >= 0.3 is 6.09 Å². The van der Waals surface area contributed by atoms with E-state index in [2.05, 4.69) is 0 Å². The molecule has 1 aliphatic rings. The van der Waals surface area contributed by atoms with Crippen LogP contribution in [0, 0.1) is 0 Å². The number of sulfonamides is 1. The highest BCUT2D eigenvalue weighted by Gasteiger charge is 2.40. The summed E-state index contributed by atoms with van der Waals surface area (Å²) in [6, 6.07) is 18.9. The Morgan fingerprint density at radius 1 is 0.972 bits per heavy atom. The molecule has 1 heterocycles. The smallest absolute Gasteiger partial charge is 0.412 e. The number of fused-ring (bicyclic) bond motifs is 1. The molecule has 0 bridgehead atoms. The van der Waals surface area contributed by atoms with Gasteiger partial charge in [0.25, 0.3) is 5.91 Å². The van der Waals surface area contributed by atoms with E-state index in [1.807, 2.05) is 12.1 Å². The molecule has 0 spiro atoms.